The Labute approximate surface area is 89.8 Å². The van der Waals surface area contributed by atoms with E-state index in [1.54, 1.807) is 0 Å². The first-order valence-corrected chi connectivity index (χ1v) is 4.53. The maximum absolute atomic E-state index is 13.4. The maximum Gasteiger partial charge on any atom is 0.213 e. The standard InChI is InChI=1S/C9H7ClFN3O/c10-5-1-2-7(11)6(3-5)8(12)9-13-4-15-14-9/h1-4,8H,12H2. The van der Waals surface area contributed by atoms with Gasteiger partial charge in [-0.05, 0) is 18.2 Å². The monoisotopic (exact) mass is 227 g/mol. The van der Waals surface area contributed by atoms with E-state index in [4.69, 9.17) is 17.3 Å². The molecule has 0 saturated heterocycles. The summed E-state index contributed by atoms with van der Waals surface area (Å²) in [6, 6.07) is 3.36. The zero-order valence-corrected chi connectivity index (χ0v) is 8.28. The molecule has 4 nitrogen and oxygen atoms in total. The summed E-state index contributed by atoms with van der Waals surface area (Å²) in [6.45, 7) is 0. The predicted molar refractivity (Wildman–Crippen MR) is 51.7 cm³/mol. The Kier molecular flexibility index (Phi) is 2.66. The fourth-order valence-electron chi connectivity index (χ4n) is 1.21. The number of nitrogens with two attached hydrogens (primary N) is 1. The molecule has 0 bridgehead atoms. The van der Waals surface area contributed by atoms with Crippen molar-refractivity contribution >= 4 is 11.6 Å². The fraction of sp³-hybridized carbons (Fsp3) is 0.111. The molecule has 6 heteroatoms. The van der Waals surface area contributed by atoms with Gasteiger partial charge >= 0.3 is 0 Å². The highest BCUT2D eigenvalue weighted by Crippen LogP contribution is 2.22. The first kappa shape index (κ1) is 10.1. The smallest absolute Gasteiger partial charge is 0.213 e. The van der Waals surface area contributed by atoms with Crippen molar-refractivity contribution < 1.29 is 8.91 Å². The van der Waals surface area contributed by atoms with Crippen LogP contribution in [0.1, 0.15) is 17.4 Å². The van der Waals surface area contributed by atoms with Crippen molar-refractivity contribution in [2.45, 2.75) is 6.04 Å². The molecule has 0 spiro atoms. The molecule has 1 atom stereocenters. The van der Waals surface area contributed by atoms with Gasteiger partial charge in [0.1, 0.15) is 5.82 Å². The van der Waals surface area contributed by atoms with Crippen LogP contribution in [0.5, 0.6) is 0 Å². The molecular weight excluding hydrogens is 221 g/mol. The van der Waals surface area contributed by atoms with Gasteiger partial charge in [-0.3, -0.25) is 0 Å². The zero-order valence-electron chi connectivity index (χ0n) is 7.52. The lowest BCUT2D eigenvalue weighted by molar-refractivity contribution is 0.407. The summed E-state index contributed by atoms with van der Waals surface area (Å²) < 4.78 is 17.9. The second-order valence-corrected chi connectivity index (χ2v) is 3.37. The van der Waals surface area contributed by atoms with Gasteiger partial charge in [-0.1, -0.05) is 16.8 Å². The third-order valence-corrected chi connectivity index (χ3v) is 2.18. The third-order valence-electron chi connectivity index (χ3n) is 1.95. The molecule has 1 unspecified atom stereocenters. The van der Waals surface area contributed by atoms with Crippen LogP contribution in [-0.4, -0.2) is 10.1 Å². The molecule has 0 radical (unpaired) electrons. The van der Waals surface area contributed by atoms with E-state index in [1.807, 2.05) is 0 Å². The normalized spacial score (nSPS) is 12.7. The van der Waals surface area contributed by atoms with E-state index in [2.05, 4.69) is 14.7 Å². The van der Waals surface area contributed by atoms with E-state index in [0.29, 0.717) is 5.02 Å². The van der Waals surface area contributed by atoms with Crippen LogP contribution in [0, 0.1) is 5.82 Å². The summed E-state index contributed by atoms with van der Waals surface area (Å²) in [7, 11) is 0. The average molecular weight is 228 g/mol. The van der Waals surface area contributed by atoms with E-state index in [9.17, 15) is 4.39 Å². The number of rotatable bonds is 2. The molecule has 0 aliphatic rings. The summed E-state index contributed by atoms with van der Waals surface area (Å²) in [5.74, 6) is -0.229. The molecule has 78 valence electrons. The molecule has 1 heterocycles. The highest BCUT2D eigenvalue weighted by atomic mass is 35.5. The first-order valence-electron chi connectivity index (χ1n) is 4.15. The second-order valence-electron chi connectivity index (χ2n) is 2.93. The lowest BCUT2D eigenvalue weighted by Crippen LogP contribution is -2.15. The Hall–Kier alpha value is -1.46. The van der Waals surface area contributed by atoms with Crippen LogP contribution in [0.25, 0.3) is 0 Å². The third kappa shape index (κ3) is 1.98. The van der Waals surface area contributed by atoms with Gasteiger partial charge in [-0.15, -0.1) is 0 Å². The molecule has 1 aromatic carbocycles. The number of hydrogen-bond donors (Lipinski definition) is 1. The molecule has 0 amide bonds. The summed E-state index contributed by atoms with van der Waals surface area (Å²) in [5, 5.41) is 3.95. The maximum atomic E-state index is 13.4. The van der Waals surface area contributed by atoms with Gasteiger partial charge in [0, 0.05) is 10.6 Å². The average Bonchev–Trinajstić information content (AvgIpc) is 2.74. The lowest BCUT2D eigenvalue weighted by atomic mass is 10.1. The number of halogens is 2. The van der Waals surface area contributed by atoms with E-state index < -0.39 is 11.9 Å². The summed E-state index contributed by atoms with van der Waals surface area (Å²) in [6.07, 6.45) is 1.14. The van der Waals surface area contributed by atoms with Gasteiger partial charge in [0.05, 0.1) is 6.04 Å². The lowest BCUT2D eigenvalue weighted by Gasteiger charge is -2.08. The Bertz CT molecular complexity index is 460. The van der Waals surface area contributed by atoms with Crippen molar-refractivity contribution in [3.8, 4) is 0 Å². The Morgan fingerprint density at radius 1 is 1.47 bits per heavy atom. The van der Waals surface area contributed by atoms with E-state index in [-0.39, 0.29) is 11.4 Å². The first-order chi connectivity index (χ1) is 7.18. The zero-order chi connectivity index (χ0) is 10.8. The minimum atomic E-state index is -0.776. The van der Waals surface area contributed by atoms with Crippen molar-refractivity contribution in [2.24, 2.45) is 5.73 Å². The fourth-order valence-corrected chi connectivity index (χ4v) is 1.39. The quantitative estimate of drug-likeness (QED) is 0.851. The molecule has 0 aliphatic heterocycles. The molecular formula is C9H7ClFN3O. The van der Waals surface area contributed by atoms with Crippen molar-refractivity contribution in [2.75, 3.05) is 0 Å². The van der Waals surface area contributed by atoms with Gasteiger partial charge in [-0.2, -0.15) is 4.98 Å². The van der Waals surface area contributed by atoms with Crippen LogP contribution >= 0.6 is 11.6 Å². The van der Waals surface area contributed by atoms with Crippen LogP contribution in [0.4, 0.5) is 4.39 Å². The van der Waals surface area contributed by atoms with E-state index in [1.165, 1.54) is 18.2 Å². The summed E-state index contributed by atoms with van der Waals surface area (Å²) >= 11 is 5.74. The predicted octanol–water partition coefficient (Wildman–Crippen LogP) is 1.91. The largest absolute Gasteiger partial charge is 0.343 e. The number of nitrogens with zero attached hydrogens (tertiary/aromatic N) is 2. The number of benzene rings is 1. The SMILES string of the molecule is NC(c1ncon1)c1cc(Cl)ccc1F. The number of hydrogen-bond acceptors (Lipinski definition) is 4. The second kappa shape index (κ2) is 3.96. The van der Waals surface area contributed by atoms with Crippen LogP contribution in [-0.2, 0) is 0 Å². The Balaban J connectivity index is 2.41. The van der Waals surface area contributed by atoms with Crippen LogP contribution in [0.3, 0.4) is 0 Å². The van der Waals surface area contributed by atoms with Gasteiger partial charge in [0.2, 0.25) is 6.39 Å². The summed E-state index contributed by atoms with van der Waals surface area (Å²) in [4.78, 5) is 3.75. The highest BCUT2D eigenvalue weighted by molar-refractivity contribution is 6.30. The highest BCUT2D eigenvalue weighted by Gasteiger charge is 2.17. The molecule has 2 rings (SSSR count). The van der Waals surface area contributed by atoms with Crippen LogP contribution in [0.2, 0.25) is 5.02 Å². The van der Waals surface area contributed by atoms with Gasteiger partial charge < -0.3 is 10.3 Å². The van der Waals surface area contributed by atoms with Crippen LogP contribution < -0.4 is 5.73 Å². The van der Waals surface area contributed by atoms with Crippen molar-refractivity contribution in [1.29, 1.82) is 0 Å². The topological polar surface area (TPSA) is 64.9 Å². The molecule has 1 aromatic heterocycles. The molecule has 0 aliphatic carbocycles. The van der Waals surface area contributed by atoms with Gasteiger partial charge in [0.25, 0.3) is 0 Å². The molecule has 15 heavy (non-hydrogen) atoms. The van der Waals surface area contributed by atoms with Crippen molar-refractivity contribution in [3.63, 3.8) is 0 Å². The molecule has 2 aromatic rings. The minimum absolute atomic E-state index is 0.219. The minimum Gasteiger partial charge on any atom is -0.343 e. The number of aromatic nitrogens is 2. The van der Waals surface area contributed by atoms with Gasteiger partial charge in [-0.25, -0.2) is 4.39 Å². The summed E-state index contributed by atoms with van der Waals surface area (Å²) in [5.41, 5.74) is 5.99. The van der Waals surface area contributed by atoms with E-state index >= 15 is 0 Å². The molecule has 0 saturated carbocycles. The van der Waals surface area contributed by atoms with Gasteiger partial charge in [0.15, 0.2) is 5.82 Å². The van der Waals surface area contributed by atoms with Crippen molar-refractivity contribution in [1.82, 2.24) is 10.1 Å². The Morgan fingerprint density at radius 2 is 2.27 bits per heavy atom. The van der Waals surface area contributed by atoms with E-state index in [0.717, 1.165) is 6.39 Å². The van der Waals surface area contributed by atoms with Crippen LogP contribution in [0.15, 0.2) is 29.1 Å². The van der Waals surface area contributed by atoms with Crippen molar-refractivity contribution in [3.05, 3.63) is 46.8 Å². The Morgan fingerprint density at radius 3 is 2.93 bits per heavy atom. The molecule has 0 fully saturated rings. The molecule has 2 N–H and O–H groups in total.